The van der Waals surface area contributed by atoms with Crippen LogP contribution in [0.4, 0.5) is 4.79 Å². The monoisotopic (exact) mass is 729 g/mol. The molecule has 1 aromatic carbocycles. The van der Waals surface area contributed by atoms with E-state index in [1.807, 2.05) is 13.0 Å². The van der Waals surface area contributed by atoms with Gasteiger partial charge in [0, 0.05) is 31.0 Å². The second kappa shape index (κ2) is 14.7. The van der Waals surface area contributed by atoms with Crippen LogP contribution in [0.1, 0.15) is 59.8 Å². The molecule has 5 rings (SSSR count). The molecular formula is C35H47N5O10S. The minimum absolute atomic E-state index is 0.00990. The van der Waals surface area contributed by atoms with Crippen LogP contribution in [0.25, 0.3) is 10.8 Å². The number of benzene rings is 1. The molecule has 16 heteroatoms. The Kier molecular flexibility index (Phi) is 10.9. The third-order valence-corrected chi connectivity index (χ3v) is 11.7. The number of nitrogens with one attached hydrogen (secondary N) is 3. The van der Waals surface area contributed by atoms with Crippen LogP contribution in [0.3, 0.4) is 0 Å². The van der Waals surface area contributed by atoms with Crippen LogP contribution in [0.2, 0.25) is 0 Å². The summed E-state index contributed by atoms with van der Waals surface area (Å²) in [5.41, 5.74) is -2.38. The molecule has 3 N–H and O–H groups in total. The summed E-state index contributed by atoms with van der Waals surface area (Å²) >= 11 is 0. The highest BCUT2D eigenvalue weighted by Crippen LogP contribution is 2.45. The second-order valence-electron chi connectivity index (χ2n) is 13.9. The van der Waals surface area contributed by atoms with Gasteiger partial charge in [-0.05, 0) is 76.1 Å². The molecule has 4 amide bonds. The van der Waals surface area contributed by atoms with Gasteiger partial charge in [-0.15, -0.1) is 6.58 Å². The molecule has 278 valence electrons. The zero-order valence-electron chi connectivity index (χ0n) is 29.8. The van der Waals surface area contributed by atoms with Gasteiger partial charge in [0.25, 0.3) is 5.91 Å². The van der Waals surface area contributed by atoms with E-state index in [4.69, 9.17) is 18.9 Å². The van der Waals surface area contributed by atoms with Crippen LogP contribution in [-0.4, -0.2) is 104 Å². The highest BCUT2D eigenvalue weighted by Gasteiger charge is 2.62. The Morgan fingerprint density at radius 1 is 1.18 bits per heavy atom. The van der Waals surface area contributed by atoms with E-state index in [1.165, 1.54) is 18.1 Å². The average Bonchev–Trinajstić information content (AvgIpc) is 4.03. The fraction of sp³-hybridized carbons (Fsp3) is 0.571. The molecule has 2 heterocycles. The first-order chi connectivity index (χ1) is 24.1. The Bertz CT molecular complexity index is 1800. The molecule has 51 heavy (non-hydrogen) atoms. The van der Waals surface area contributed by atoms with Crippen LogP contribution in [-0.2, 0) is 33.9 Å². The largest absolute Gasteiger partial charge is 0.497 e. The normalized spacial score (nSPS) is 24.2. The van der Waals surface area contributed by atoms with Gasteiger partial charge in [0.15, 0.2) is 0 Å². The van der Waals surface area contributed by atoms with Crippen LogP contribution in [0.15, 0.2) is 43.1 Å². The lowest BCUT2D eigenvalue weighted by Gasteiger charge is -2.32. The van der Waals surface area contributed by atoms with E-state index in [-0.39, 0.29) is 25.3 Å². The van der Waals surface area contributed by atoms with Crippen LogP contribution in [0, 0.1) is 5.92 Å². The number of carbonyl (C=O) groups excluding carboxylic acids is 4. The molecule has 2 aliphatic carbocycles. The molecule has 1 aromatic heterocycles. The number of aromatic nitrogens is 1. The van der Waals surface area contributed by atoms with Gasteiger partial charge in [0.05, 0.1) is 25.0 Å². The Hall–Kier alpha value is -4.44. The summed E-state index contributed by atoms with van der Waals surface area (Å²) in [6.07, 6.45) is 2.16. The van der Waals surface area contributed by atoms with Crippen LogP contribution >= 0.6 is 0 Å². The van der Waals surface area contributed by atoms with Crippen molar-refractivity contribution in [3.05, 3.63) is 43.1 Å². The second-order valence-corrected chi connectivity index (χ2v) is 15.9. The zero-order chi connectivity index (χ0) is 37.3. The summed E-state index contributed by atoms with van der Waals surface area (Å²) in [6.45, 7) is 10.6. The van der Waals surface area contributed by atoms with E-state index in [0.29, 0.717) is 30.4 Å². The topological polar surface area (TPSA) is 192 Å². The van der Waals surface area contributed by atoms with E-state index in [2.05, 4.69) is 26.9 Å². The number of hydrogen-bond donors (Lipinski definition) is 3. The molecule has 6 atom stereocenters. The maximum absolute atomic E-state index is 14.4. The lowest BCUT2D eigenvalue weighted by molar-refractivity contribution is -0.143. The van der Waals surface area contributed by atoms with Gasteiger partial charge >= 0.3 is 6.09 Å². The van der Waals surface area contributed by atoms with Crippen molar-refractivity contribution >= 4 is 44.6 Å². The number of pyridine rings is 1. The minimum atomic E-state index is -3.91. The van der Waals surface area contributed by atoms with E-state index >= 15 is 0 Å². The average molecular weight is 730 g/mol. The Morgan fingerprint density at radius 2 is 1.90 bits per heavy atom. The summed E-state index contributed by atoms with van der Waals surface area (Å²) in [7, 11) is -0.962. The molecule has 2 aromatic rings. The first-order valence-electron chi connectivity index (χ1n) is 17.0. The zero-order valence-corrected chi connectivity index (χ0v) is 30.6. The number of rotatable bonds is 15. The molecule has 0 unspecified atom stereocenters. The molecule has 0 radical (unpaired) electrons. The van der Waals surface area contributed by atoms with Crippen LogP contribution in [0.5, 0.6) is 11.6 Å². The maximum atomic E-state index is 14.4. The number of amides is 4. The predicted octanol–water partition coefficient (Wildman–Crippen LogP) is 2.58. The lowest BCUT2D eigenvalue weighted by atomic mass is 10.1. The van der Waals surface area contributed by atoms with Gasteiger partial charge in [-0.2, -0.15) is 0 Å². The fourth-order valence-corrected chi connectivity index (χ4v) is 7.44. The number of methoxy groups -OCH3 is 2. The van der Waals surface area contributed by atoms with Crippen molar-refractivity contribution in [2.75, 3.05) is 20.8 Å². The van der Waals surface area contributed by atoms with Crippen molar-refractivity contribution < 1.29 is 46.5 Å². The number of hydrogen-bond acceptors (Lipinski definition) is 11. The summed E-state index contributed by atoms with van der Waals surface area (Å²) in [6, 6.07) is 4.72. The quantitative estimate of drug-likeness (QED) is 0.228. The van der Waals surface area contributed by atoms with E-state index in [0.717, 1.165) is 5.39 Å². The smallest absolute Gasteiger partial charge is 0.408 e. The molecule has 0 bridgehead atoms. The van der Waals surface area contributed by atoms with Crippen molar-refractivity contribution in [2.24, 2.45) is 5.92 Å². The third kappa shape index (κ3) is 8.22. The maximum Gasteiger partial charge on any atom is 0.408 e. The van der Waals surface area contributed by atoms with Crippen molar-refractivity contribution in [3.63, 3.8) is 0 Å². The number of nitrogens with zero attached hydrogens (tertiary/aromatic N) is 2. The minimum Gasteiger partial charge on any atom is -0.497 e. The SMILES string of the molecule is C=C[C@H]1C[C@@]1(NC(=O)[C@H]1C[C@@H](Oc2nccc3cc(OC)ccc23)CN1C(=O)[C@@H](NC(=O)OC(C)(C)CC)[C@H](C)OC)C(=O)NS(=O)(=O)C1CC1. The van der Waals surface area contributed by atoms with E-state index in [1.54, 1.807) is 52.3 Å². The highest BCUT2D eigenvalue weighted by molar-refractivity contribution is 7.91. The number of likely N-dealkylation sites (tertiary alicyclic amines) is 1. The standard InChI is InChI=1S/C35H47N5O10S/c1-8-22-18-35(22,32(43)39-51(45,46)25-11-12-25)38-29(41)27-17-24(49-30-26-13-10-23(48-7)16-21(26)14-15-36-30)19-40(27)31(42)28(20(3)47-6)37-33(44)50-34(4,5)9-2/h8,10,13-16,20,22,24-25,27-28H,1,9,11-12,17-19H2,2-7H3,(H,37,44)(H,38,41)(H,39,43)/t20-,22-,24+,27+,28-,35-/m0/s1. The van der Waals surface area contributed by atoms with Gasteiger partial charge in [0.1, 0.15) is 35.1 Å². The summed E-state index contributed by atoms with van der Waals surface area (Å²) in [5.74, 6) is -1.84. The fourth-order valence-electron chi connectivity index (χ4n) is 6.08. The van der Waals surface area contributed by atoms with Crippen molar-refractivity contribution in [1.82, 2.24) is 25.2 Å². The van der Waals surface area contributed by atoms with E-state index in [9.17, 15) is 27.6 Å². The van der Waals surface area contributed by atoms with Gasteiger partial charge in [0.2, 0.25) is 27.7 Å². The lowest BCUT2D eigenvalue weighted by Crippen LogP contribution is -2.60. The number of carbonyl (C=O) groups is 4. The van der Waals surface area contributed by atoms with Gasteiger partial charge in [-0.25, -0.2) is 18.2 Å². The summed E-state index contributed by atoms with van der Waals surface area (Å²) in [4.78, 5) is 60.6. The molecule has 15 nitrogen and oxygen atoms in total. The Labute approximate surface area is 297 Å². The van der Waals surface area contributed by atoms with Crippen molar-refractivity contribution in [3.8, 4) is 11.6 Å². The molecule has 1 saturated heterocycles. The van der Waals surface area contributed by atoms with Gasteiger partial charge < -0.3 is 34.5 Å². The Morgan fingerprint density at radius 3 is 2.51 bits per heavy atom. The molecule has 3 aliphatic rings. The first kappa shape index (κ1) is 37.8. The molecule has 1 aliphatic heterocycles. The summed E-state index contributed by atoms with van der Waals surface area (Å²) in [5, 5.41) is 6.19. The number of ether oxygens (including phenoxy) is 4. The molecule has 0 spiro atoms. The molecular weight excluding hydrogens is 682 g/mol. The molecule has 2 saturated carbocycles. The Balaban J connectivity index is 1.43. The van der Waals surface area contributed by atoms with Gasteiger partial charge in [-0.1, -0.05) is 13.0 Å². The number of alkyl carbamates (subject to hydrolysis) is 1. The number of sulfonamides is 1. The number of fused-ring (bicyclic) bond motifs is 1. The predicted molar refractivity (Wildman–Crippen MR) is 186 cm³/mol. The van der Waals surface area contributed by atoms with Crippen LogP contribution < -0.4 is 24.8 Å². The summed E-state index contributed by atoms with van der Waals surface area (Å²) < 4.78 is 50.1. The third-order valence-electron chi connectivity index (χ3n) is 9.91. The highest BCUT2D eigenvalue weighted by atomic mass is 32.2. The van der Waals surface area contributed by atoms with E-state index < -0.39 is 80.4 Å². The van der Waals surface area contributed by atoms with Crippen molar-refractivity contribution in [1.29, 1.82) is 0 Å². The van der Waals surface area contributed by atoms with Crippen molar-refractivity contribution in [2.45, 2.75) is 100 Å². The molecule has 3 fully saturated rings. The first-order valence-corrected chi connectivity index (χ1v) is 18.6. The van der Waals surface area contributed by atoms with Gasteiger partial charge in [-0.3, -0.25) is 19.1 Å².